The summed E-state index contributed by atoms with van der Waals surface area (Å²) in [5.41, 5.74) is 0.904. The summed E-state index contributed by atoms with van der Waals surface area (Å²) in [5.74, 6) is -0.301. The highest BCUT2D eigenvalue weighted by Gasteiger charge is 2.12. The molecule has 0 saturated heterocycles. The van der Waals surface area contributed by atoms with Crippen molar-refractivity contribution in [1.82, 2.24) is 10.3 Å². The van der Waals surface area contributed by atoms with E-state index >= 15 is 0 Å². The van der Waals surface area contributed by atoms with Crippen LogP contribution in [0.1, 0.15) is 43.5 Å². The van der Waals surface area contributed by atoms with Crippen molar-refractivity contribution in [2.45, 2.75) is 33.1 Å². The minimum Gasteiger partial charge on any atom is -0.352 e. The number of hydrogen-bond acceptors (Lipinski definition) is 3. The molecule has 0 saturated carbocycles. The lowest BCUT2D eigenvalue weighted by atomic mass is 10.2. The summed E-state index contributed by atoms with van der Waals surface area (Å²) in [6.07, 6.45) is 5.28. The van der Waals surface area contributed by atoms with Gasteiger partial charge in [0.05, 0.1) is 11.3 Å². The third-order valence-corrected chi connectivity index (χ3v) is 2.43. The molecule has 0 bridgehead atoms. The van der Waals surface area contributed by atoms with Crippen LogP contribution in [0.2, 0.25) is 0 Å². The number of carbonyl (C=O) groups excluding carboxylic acids is 2. The summed E-state index contributed by atoms with van der Waals surface area (Å²) in [5, 5.41) is 5.43. The first-order chi connectivity index (χ1) is 8.69. The number of nitrogens with one attached hydrogen (secondary N) is 2. The van der Waals surface area contributed by atoms with Crippen LogP contribution in [0.5, 0.6) is 0 Å². The zero-order chi connectivity index (χ0) is 13.4. The van der Waals surface area contributed by atoms with Crippen molar-refractivity contribution in [1.29, 1.82) is 0 Å². The van der Waals surface area contributed by atoms with Crippen LogP contribution in [0.4, 0.5) is 5.69 Å². The number of carbonyl (C=O) groups is 2. The first-order valence-corrected chi connectivity index (χ1v) is 6.21. The number of unbranched alkanes of at least 4 members (excludes halogenated alkanes) is 1. The molecule has 0 radical (unpaired) electrons. The minimum absolute atomic E-state index is 0.0754. The zero-order valence-corrected chi connectivity index (χ0v) is 10.8. The van der Waals surface area contributed by atoms with Crippen molar-refractivity contribution < 1.29 is 9.59 Å². The van der Waals surface area contributed by atoms with E-state index in [-0.39, 0.29) is 11.8 Å². The van der Waals surface area contributed by atoms with Crippen molar-refractivity contribution in [3.8, 4) is 0 Å². The average Bonchev–Trinajstić information content (AvgIpc) is 2.37. The van der Waals surface area contributed by atoms with Gasteiger partial charge in [0.25, 0.3) is 5.91 Å². The van der Waals surface area contributed by atoms with Gasteiger partial charge in [-0.1, -0.05) is 13.3 Å². The predicted octanol–water partition coefficient (Wildman–Crippen LogP) is 1.96. The molecule has 1 rings (SSSR count). The quantitative estimate of drug-likeness (QED) is 0.809. The third kappa shape index (κ3) is 4.16. The Morgan fingerprint density at radius 1 is 1.33 bits per heavy atom. The van der Waals surface area contributed by atoms with Crippen molar-refractivity contribution >= 4 is 17.5 Å². The molecule has 2 N–H and O–H groups in total. The largest absolute Gasteiger partial charge is 0.352 e. The van der Waals surface area contributed by atoms with Gasteiger partial charge in [-0.05, 0) is 19.4 Å². The number of nitrogens with zero attached hydrogens (tertiary/aromatic N) is 1. The van der Waals surface area contributed by atoms with Crippen LogP contribution in [0.3, 0.4) is 0 Å². The van der Waals surface area contributed by atoms with Gasteiger partial charge in [0.2, 0.25) is 5.91 Å². The van der Waals surface area contributed by atoms with Crippen LogP contribution in [0.25, 0.3) is 0 Å². The molecular formula is C13H19N3O2. The molecule has 5 nitrogen and oxygen atoms in total. The van der Waals surface area contributed by atoms with E-state index in [0.717, 1.165) is 12.8 Å². The highest BCUT2D eigenvalue weighted by molar-refractivity contribution is 6.03. The number of rotatable bonds is 6. The predicted molar refractivity (Wildman–Crippen MR) is 70.4 cm³/mol. The van der Waals surface area contributed by atoms with Gasteiger partial charge < -0.3 is 10.6 Å². The fraction of sp³-hybridized carbons (Fsp3) is 0.462. The molecule has 0 unspecified atom stereocenters. The van der Waals surface area contributed by atoms with E-state index in [1.807, 2.05) is 13.8 Å². The van der Waals surface area contributed by atoms with Gasteiger partial charge in [0, 0.05) is 25.4 Å². The van der Waals surface area contributed by atoms with E-state index < -0.39 is 0 Å². The molecule has 0 aliphatic rings. The maximum atomic E-state index is 11.8. The van der Waals surface area contributed by atoms with Gasteiger partial charge in [0.1, 0.15) is 0 Å². The molecular weight excluding hydrogens is 230 g/mol. The Bertz CT molecular complexity index is 418. The van der Waals surface area contributed by atoms with Crippen LogP contribution < -0.4 is 10.6 Å². The fourth-order valence-electron chi connectivity index (χ4n) is 1.49. The second-order valence-electron chi connectivity index (χ2n) is 3.93. The van der Waals surface area contributed by atoms with Crippen LogP contribution in [-0.4, -0.2) is 23.3 Å². The van der Waals surface area contributed by atoms with Crippen molar-refractivity contribution in [3.63, 3.8) is 0 Å². The Balaban J connectivity index is 2.76. The zero-order valence-electron chi connectivity index (χ0n) is 10.8. The molecule has 0 fully saturated rings. The summed E-state index contributed by atoms with van der Waals surface area (Å²) in [6, 6.07) is 1.63. The summed E-state index contributed by atoms with van der Waals surface area (Å²) in [4.78, 5) is 27.3. The van der Waals surface area contributed by atoms with Gasteiger partial charge in [-0.3, -0.25) is 14.6 Å². The lowest BCUT2D eigenvalue weighted by Crippen LogP contribution is -2.25. The Morgan fingerprint density at radius 3 is 2.78 bits per heavy atom. The average molecular weight is 249 g/mol. The molecule has 1 aromatic rings. The van der Waals surface area contributed by atoms with Gasteiger partial charge in [-0.15, -0.1) is 0 Å². The summed E-state index contributed by atoms with van der Waals surface area (Å²) < 4.78 is 0. The van der Waals surface area contributed by atoms with Crippen molar-refractivity contribution in [2.24, 2.45) is 0 Å². The van der Waals surface area contributed by atoms with E-state index in [1.165, 1.54) is 6.20 Å². The van der Waals surface area contributed by atoms with E-state index in [2.05, 4.69) is 15.6 Å². The molecule has 0 spiro atoms. The molecule has 0 atom stereocenters. The topological polar surface area (TPSA) is 71.1 Å². The van der Waals surface area contributed by atoms with Gasteiger partial charge in [-0.2, -0.15) is 0 Å². The maximum absolute atomic E-state index is 11.8. The number of anilines is 1. The number of amides is 2. The number of pyridine rings is 1. The normalized spacial score (nSPS) is 9.89. The molecule has 0 aromatic carbocycles. The first kappa shape index (κ1) is 14.2. The number of aromatic nitrogens is 1. The van der Waals surface area contributed by atoms with Crippen LogP contribution in [0, 0.1) is 0 Å². The Hall–Kier alpha value is -1.91. The first-order valence-electron chi connectivity index (χ1n) is 6.21. The molecule has 2 amide bonds. The lowest BCUT2D eigenvalue weighted by molar-refractivity contribution is -0.116. The van der Waals surface area contributed by atoms with Gasteiger partial charge in [0.15, 0.2) is 0 Å². The van der Waals surface area contributed by atoms with Gasteiger partial charge in [-0.25, -0.2) is 0 Å². The standard InChI is InChI=1S/C13H19N3O2/c1-3-5-6-12(17)16-11-7-8-14-9-10(11)13(18)15-4-2/h7-9H,3-6H2,1-2H3,(H,15,18)(H,14,16,17). The molecule has 1 aromatic heterocycles. The van der Waals surface area contributed by atoms with E-state index in [1.54, 1.807) is 12.3 Å². The molecule has 0 aliphatic carbocycles. The highest BCUT2D eigenvalue weighted by Crippen LogP contribution is 2.14. The minimum atomic E-state index is -0.226. The third-order valence-electron chi connectivity index (χ3n) is 2.43. The Morgan fingerprint density at radius 2 is 2.11 bits per heavy atom. The van der Waals surface area contributed by atoms with E-state index in [4.69, 9.17) is 0 Å². The molecule has 18 heavy (non-hydrogen) atoms. The summed E-state index contributed by atoms with van der Waals surface area (Å²) >= 11 is 0. The molecule has 98 valence electrons. The lowest BCUT2D eigenvalue weighted by Gasteiger charge is -2.09. The fourth-order valence-corrected chi connectivity index (χ4v) is 1.49. The summed E-state index contributed by atoms with van der Waals surface area (Å²) in [7, 11) is 0. The highest BCUT2D eigenvalue weighted by atomic mass is 16.2. The second-order valence-corrected chi connectivity index (χ2v) is 3.93. The second kappa shape index (κ2) is 7.42. The van der Waals surface area contributed by atoms with Crippen LogP contribution >= 0.6 is 0 Å². The molecule has 5 heteroatoms. The molecule has 0 aliphatic heterocycles. The van der Waals surface area contributed by atoms with Crippen molar-refractivity contribution in [2.75, 3.05) is 11.9 Å². The smallest absolute Gasteiger partial charge is 0.254 e. The monoisotopic (exact) mass is 249 g/mol. The van der Waals surface area contributed by atoms with E-state index in [9.17, 15) is 9.59 Å². The maximum Gasteiger partial charge on any atom is 0.254 e. The van der Waals surface area contributed by atoms with Crippen molar-refractivity contribution in [3.05, 3.63) is 24.0 Å². The Kier molecular flexibility index (Phi) is 5.84. The van der Waals surface area contributed by atoms with Crippen LogP contribution in [-0.2, 0) is 4.79 Å². The number of hydrogen-bond donors (Lipinski definition) is 2. The van der Waals surface area contributed by atoms with Gasteiger partial charge >= 0.3 is 0 Å². The van der Waals surface area contributed by atoms with Crippen LogP contribution in [0.15, 0.2) is 18.5 Å². The molecule has 1 heterocycles. The SMILES string of the molecule is CCCCC(=O)Nc1ccncc1C(=O)NCC. The van der Waals surface area contributed by atoms with E-state index in [0.29, 0.717) is 24.2 Å². The Labute approximate surface area is 107 Å². The summed E-state index contributed by atoms with van der Waals surface area (Å²) in [6.45, 7) is 4.41.